The second-order valence-electron chi connectivity index (χ2n) is 6.93. The van der Waals surface area contributed by atoms with Crippen LogP contribution >= 0.6 is 0 Å². The lowest BCUT2D eigenvalue weighted by atomic mass is 10.1. The molecule has 4 nitrogen and oxygen atoms in total. The topological polar surface area (TPSA) is 38.8 Å². The molecule has 0 radical (unpaired) electrons. The van der Waals surface area contributed by atoms with Crippen molar-refractivity contribution in [1.29, 1.82) is 0 Å². The molecule has 4 heteroatoms. The summed E-state index contributed by atoms with van der Waals surface area (Å²) in [4.78, 5) is 14.2. The SMILES string of the molecule is CCN(CCOC(=O)Oc1ccc(Cc2ccccc2)cc1)c1cccc(C)c1. The van der Waals surface area contributed by atoms with Gasteiger partial charge in [0, 0.05) is 12.2 Å². The van der Waals surface area contributed by atoms with Crippen LogP contribution < -0.4 is 9.64 Å². The minimum absolute atomic E-state index is 0.271. The van der Waals surface area contributed by atoms with Gasteiger partial charge in [0.05, 0.1) is 6.54 Å². The first-order valence-corrected chi connectivity index (χ1v) is 9.93. The van der Waals surface area contributed by atoms with Crippen LogP contribution in [0, 0.1) is 6.92 Å². The predicted molar refractivity (Wildman–Crippen MR) is 117 cm³/mol. The molecule has 0 aromatic heterocycles. The Kier molecular flexibility index (Phi) is 7.28. The van der Waals surface area contributed by atoms with Gasteiger partial charge >= 0.3 is 6.16 Å². The van der Waals surface area contributed by atoms with E-state index < -0.39 is 6.16 Å². The van der Waals surface area contributed by atoms with Crippen LogP contribution in [0.1, 0.15) is 23.6 Å². The van der Waals surface area contributed by atoms with Crippen molar-refractivity contribution in [2.45, 2.75) is 20.3 Å². The first-order valence-electron chi connectivity index (χ1n) is 9.93. The minimum atomic E-state index is -0.680. The molecule has 0 spiro atoms. The van der Waals surface area contributed by atoms with E-state index in [0.717, 1.165) is 24.2 Å². The maximum absolute atomic E-state index is 12.0. The fourth-order valence-electron chi connectivity index (χ4n) is 3.17. The van der Waals surface area contributed by atoms with Crippen LogP contribution in [0.2, 0.25) is 0 Å². The van der Waals surface area contributed by atoms with Gasteiger partial charge in [-0.05, 0) is 61.2 Å². The monoisotopic (exact) mass is 389 g/mol. The predicted octanol–water partition coefficient (Wildman–Crippen LogP) is 5.63. The molecular formula is C25H27NO3. The van der Waals surface area contributed by atoms with Crippen molar-refractivity contribution >= 4 is 11.8 Å². The number of carbonyl (C=O) groups is 1. The highest BCUT2D eigenvalue weighted by Gasteiger charge is 2.09. The summed E-state index contributed by atoms with van der Waals surface area (Å²) in [6, 6.07) is 26.1. The zero-order valence-electron chi connectivity index (χ0n) is 17.0. The zero-order chi connectivity index (χ0) is 20.5. The molecule has 0 unspecified atom stereocenters. The number of carbonyl (C=O) groups excluding carboxylic acids is 1. The molecule has 0 saturated heterocycles. The molecule has 0 aliphatic carbocycles. The third-order valence-corrected chi connectivity index (χ3v) is 4.71. The van der Waals surface area contributed by atoms with Crippen LogP contribution in [-0.2, 0) is 11.2 Å². The van der Waals surface area contributed by atoms with Gasteiger partial charge in [0.1, 0.15) is 12.4 Å². The van der Waals surface area contributed by atoms with Crippen molar-refractivity contribution in [2.24, 2.45) is 0 Å². The minimum Gasteiger partial charge on any atom is -0.432 e. The van der Waals surface area contributed by atoms with E-state index in [1.807, 2.05) is 36.4 Å². The van der Waals surface area contributed by atoms with Gasteiger partial charge in [-0.1, -0.05) is 54.6 Å². The zero-order valence-corrected chi connectivity index (χ0v) is 17.0. The van der Waals surface area contributed by atoms with Gasteiger partial charge in [-0.15, -0.1) is 0 Å². The summed E-state index contributed by atoms with van der Waals surface area (Å²) in [7, 11) is 0. The summed E-state index contributed by atoms with van der Waals surface area (Å²) in [6.45, 7) is 5.87. The molecule has 29 heavy (non-hydrogen) atoms. The second-order valence-corrected chi connectivity index (χ2v) is 6.93. The van der Waals surface area contributed by atoms with Gasteiger partial charge < -0.3 is 14.4 Å². The summed E-state index contributed by atoms with van der Waals surface area (Å²) >= 11 is 0. The van der Waals surface area contributed by atoms with Gasteiger partial charge in [-0.2, -0.15) is 0 Å². The normalized spacial score (nSPS) is 10.4. The number of benzene rings is 3. The largest absolute Gasteiger partial charge is 0.513 e. The molecule has 3 aromatic carbocycles. The van der Waals surface area contributed by atoms with E-state index in [1.165, 1.54) is 11.1 Å². The molecule has 150 valence electrons. The number of ether oxygens (including phenoxy) is 2. The summed E-state index contributed by atoms with van der Waals surface area (Å²) in [5.41, 5.74) is 4.73. The maximum Gasteiger partial charge on any atom is 0.513 e. The first-order chi connectivity index (χ1) is 14.1. The van der Waals surface area contributed by atoms with Gasteiger partial charge in [-0.25, -0.2) is 4.79 Å². The van der Waals surface area contributed by atoms with Crippen LogP contribution in [0.4, 0.5) is 10.5 Å². The fraction of sp³-hybridized carbons (Fsp3) is 0.240. The van der Waals surface area contributed by atoms with Crippen molar-refractivity contribution in [1.82, 2.24) is 0 Å². The molecule has 0 atom stereocenters. The van der Waals surface area contributed by atoms with Crippen molar-refractivity contribution in [3.63, 3.8) is 0 Å². The first kappa shape index (κ1) is 20.5. The maximum atomic E-state index is 12.0. The lowest BCUT2D eigenvalue weighted by molar-refractivity contribution is 0.101. The average Bonchev–Trinajstić information content (AvgIpc) is 2.73. The Bertz CT molecular complexity index is 907. The van der Waals surface area contributed by atoms with Gasteiger partial charge in [0.25, 0.3) is 0 Å². The molecular weight excluding hydrogens is 362 g/mol. The Morgan fingerprint density at radius 2 is 1.62 bits per heavy atom. The quantitative estimate of drug-likeness (QED) is 0.370. The molecule has 0 aliphatic heterocycles. The molecule has 0 N–H and O–H groups in total. The molecule has 0 amide bonds. The number of hydrogen-bond acceptors (Lipinski definition) is 4. The molecule has 0 saturated carbocycles. The number of hydrogen-bond donors (Lipinski definition) is 0. The van der Waals surface area contributed by atoms with Crippen LogP contribution in [0.3, 0.4) is 0 Å². The van der Waals surface area contributed by atoms with Crippen LogP contribution in [0.15, 0.2) is 78.9 Å². The van der Waals surface area contributed by atoms with Crippen LogP contribution in [-0.4, -0.2) is 25.9 Å². The third-order valence-electron chi connectivity index (χ3n) is 4.71. The third kappa shape index (κ3) is 6.39. The fourth-order valence-corrected chi connectivity index (χ4v) is 3.17. The van der Waals surface area contributed by atoms with E-state index in [2.05, 4.69) is 49.1 Å². The van der Waals surface area contributed by atoms with E-state index in [-0.39, 0.29) is 6.61 Å². The standard InChI is InChI=1S/C25H27NO3/c1-3-26(23-11-7-8-20(2)18-23)16-17-28-25(27)29-24-14-12-22(13-15-24)19-21-9-5-4-6-10-21/h4-15,18H,3,16-17,19H2,1-2H3. The number of nitrogens with zero attached hydrogens (tertiary/aromatic N) is 1. The Labute approximate surface area is 172 Å². The number of anilines is 1. The van der Waals surface area contributed by atoms with E-state index >= 15 is 0 Å². The van der Waals surface area contributed by atoms with E-state index in [4.69, 9.17) is 9.47 Å². The van der Waals surface area contributed by atoms with E-state index in [9.17, 15) is 4.79 Å². The lowest BCUT2D eigenvalue weighted by Gasteiger charge is -2.23. The van der Waals surface area contributed by atoms with Crippen molar-refractivity contribution in [2.75, 3.05) is 24.6 Å². The number of likely N-dealkylation sites (N-methyl/N-ethyl adjacent to an activating group) is 1. The summed E-state index contributed by atoms with van der Waals surface area (Å²) in [5.74, 6) is 0.484. The Morgan fingerprint density at radius 1 is 0.897 bits per heavy atom. The van der Waals surface area contributed by atoms with Gasteiger partial charge in [0.2, 0.25) is 0 Å². The Balaban J connectivity index is 1.45. The summed E-state index contributed by atoms with van der Waals surface area (Å²) < 4.78 is 10.5. The van der Waals surface area contributed by atoms with Crippen molar-refractivity contribution < 1.29 is 14.3 Å². The number of aryl methyl sites for hydroxylation is 1. The molecule has 3 rings (SSSR count). The van der Waals surface area contributed by atoms with Crippen molar-refractivity contribution in [3.8, 4) is 5.75 Å². The second kappa shape index (κ2) is 10.3. The summed E-state index contributed by atoms with van der Waals surface area (Å²) in [5, 5.41) is 0. The number of rotatable bonds is 8. The Morgan fingerprint density at radius 3 is 2.31 bits per heavy atom. The highest BCUT2D eigenvalue weighted by atomic mass is 16.7. The lowest BCUT2D eigenvalue weighted by Crippen LogP contribution is -2.28. The molecule has 0 fully saturated rings. The Hall–Kier alpha value is -3.27. The van der Waals surface area contributed by atoms with E-state index in [0.29, 0.717) is 12.3 Å². The highest BCUT2D eigenvalue weighted by molar-refractivity contribution is 5.63. The van der Waals surface area contributed by atoms with Crippen molar-refractivity contribution in [3.05, 3.63) is 95.6 Å². The van der Waals surface area contributed by atoms with Crippen LogP contribution in [0.5, 0.6) is 5.75 Å². The molecule has 0 heterocycles. The van der Waals surface area contributed by atoms with E-state index in [1.54, 1.807) is 12.1 Å². The highest BCUT2D eigenvalue weighted by Crippen LogP contribution is 2.17. The summed E-state index contributed by atoms with van der Waals surface area (Å²) in [6.07, 6.45) is 0.165. The average molecular weight is 389 g/mol. The molecule has 0 aliphatic rings. The van der Waals surface area contributed by atoms with Crippen LogP contribution in [0.25, 0.3) is 0 Å². The molecule has 3 aromatic rings. The molecule has 0 bridgehead atoms. The van der Waals surface area contributed by atoms with Gasteiger partial charge in [0.15, 0.2) is 0 Å². The van der Waals surface area contributed by atoms with Gasteiger partial charge in [-0.3, -0.25) is 0 Å². The smallest absolute Gasteiger partial charge is 0.432 e.